The molecule has 1 fully saturated rings. The van der Waals surface area contributed by atoms with Crippen molar-refractivity contribution in [1.82, 2.24) is 14.9 Å². The standard InChI is InChI=1S/C18H21N3S/c1-13-6-7-16(22-13)12-21-9-3-5-15(11-21)17-10-14-4-2-8-19-18(14)20-17/h2,4,6-8,10,15H,3,5,9,11-12H2,1H3,(H,19,20)/t15-/m0/s1. The van der Waals surface area contributed by atoms with Crippen LogP contribution in [-0.2, 0) is 6.54 Å². The zero-order valence-electron chi connectivity index (χ0n) is 12.9. The Morgan fingerprint density at radius 1 is 1.36 bits per heavy atom. The van der Waals surface area contributed by atoms with E-state index in [-0.39, 0.29) is 0 Å². The monoisotopic (exact) mass is 311 g/mol. The SMILES string of the molecule is Cc1ccc(CN2CCC[C@H](c3cc4cccnc4[nH]3)C2)s1. The highest BCUT2D eigenvalue weighted by atomic mass is 32.1. The van der Waals surface area contributed by atoms with Crippen LogP contribution < -0.4 is 0 Å². The molecule has 0 aromatic carbocycles. The van der Waals surface area contributed by atoms with Crippen LogP contribution in [0.5, 0.6) is 0 Å². The average Bonchev–Trinajstić information content (AvgIpc) is 3.13. The fraction of sp³-hybridized carbons (Fsp3) is 0.389. The maximum absolute atomic E-state index is 4.42. The zero-order valence-corrected chi connectivity index (χ0v) is 13.7. The first-order valence-electron chi connectivity index (χ1n) is 7.99. The Kier molecular flexibility index (Phi) is 3.72. The maximum atomic E-state index is 4.42. The van der Waals surface area contributed by atoms with E-state index < -0.39 is 0 Å². The molecule has 1 atom stereocenters. The van der Waals surface area contributed by atoms with E-state index in [1.54, 1.807) is 0 Å². The topological polar surface area (TPSA) is 31.9 Å². The zero-order chi connectivity index (χ0) is 14.9. The van der Waals surface area contributed by atoms with Crippen molar-refractivity contribution in [1.29, 1.82) is 0 Å². The van der Waals surface area contributed by atoms with Gasteiger partial charge in [0.15, 0.2) is 0 Å². The van der Waals surface area contributed by atoms with E-state index in [1.165, 1.54) is 40.2 Å². The molecular weight excluding hydrogens is 290 g/mol. The minimum absolute atomic E-state index is 0.601. The number of aromatic nitrogens is 2. The van der Waals surface area contributed by atoms with Crippen LogP contribution in [0.4, 0.5) is 0 Å². The highest BCUT2D eigenvalue weighted by Crippen LogP contribution is 2.29. The minimum Gasteiger partial charge on any atom is -0.343 e. The number of likely N-dealkylation sites (tertiary alicyclic amines) is 1. The van der Waals surface area contributed by atoms with E-state index in [9.17, 15) is 0 Å². The average molecular weight is 311 g/mol. The Balaban J connectivity index is 1.50. The van der Waals surface area contributed by atoms with E-state index in [0.29, 0.717) is 5.92 Å². The summed E-state index contributed by atoms with van der Waals surface area (Å²) in [6, 6.07) is 10.9. The molecule has 0 aliphatic carbocycles. The molecule has 0 spiro atoms. The number of hydrogen-bond donors (Lipinski definition) is 1. The number of nitrogens with zero attached hydrogens (tertiary/aromatic N) is 2. The highest BCUT2D eigenvalue weighted by Gasteiger charge is 2.23. The molecule has 114 valence electrons. The molecule has 1 N–H and O–H groups in total. The van der Waals surface area contributed by atoms with Crippen LogP contribution in [0, 0.1) is 6.92 Å². The van der Waals surface area contributed by atoms with Gasteiger partial charge in [-0.15, -0.1) is 11.3 Å². The van der Waals surface area contributed by atoms with Crippen LogP contribution in [-0.4, -0.2) is 28.0 Å². The summed E-state index contributed by atoms with van der Waals surface area (Å²) in [6.45, 7) is 5.63. The summed E-state index contributed by atoms with van der Waals surface area (Å²) in [6.07, 6.45) is 4.40. The third-order valence-corrected chi connectivity index (χ3v) is 5.52. The van der Waals surface area contributed by atoms with Gasteiger partial charge in [0.2, 0.25) is 0 Å². The van der Waals surface area contributed by atoms with Gasteiger partial charge in [0.05, 0.1) is 0 Å². The number of piperidine rings is 1. The summed E-state index contributed by atoms with van der Waals surface area (Å²) < 4.78 is 0. The lowest BCUT2D eigenvalue weighted by molar-refractivity contribution is 0.200. The summed E-state index contributed by atoms with van der Waals surface area (Å²) in [4.78, 5) is 13.4. The molecule has 4 heterocycles. The van der Waals surface area contributed by atoms with E-state index in [4.69, 9.17) is 0 Å². The molecule has 0 amide bonds. The highest BCUT2D eigenvalue weighted by molar-refractivity contribution is 7.11. The number of H-pyrrole nitrogens is 1. The molecule has 1 saturated heterocycles. The molecule has 22 heavy (non-hydrogen) atoms. The molecule has 0 unspecified atom stereocenters. The van der Waals surface area contributed by atoms with Crippen molar-refractivity contribution in [2.24, 2.45) is 0 Å². The number of fused-ring (bicyclic) bond motifs is 1. The molecule has 0 bridgehead atoms. The second-order valence-corrected chi connectivity index (χ2v) is 7.62. The predicted octanol–water partition coefficient (Wildman–Crippen LogP) is 4.31. The fourth-order valence-corrected chi connectivity index (χ4v) is 4.38. The van der Waals surface area contributed by atoms with Crippen molar-refractivity contribution < 1.29 is 0 Å². The normalized spacial score (nSPS) is 19.8. The summed E-state index contributed by atoms with van der Waals surface area (Å²) in [7, 11) is 0. The Labute approximate surface area is 135 Å². The van der Waals surface area contributed by atoms with Crippen molar-refractivity contribution >= 4 is 22.4 Å². The molecule has 3 aromatic heterocycles. The predicted molar refractivity (Wildman–Crippen MR) is 92.4 cm³/mol. The first kappa shape index (κ1) is 14.0. The Bertz CT molecular complexity index is 740. The lowest BCUT2D eigenvalue weighted by atomic mass is 9.95. The van der Waals surface area contributed by atoms with Crippen LogP contribution in [0.25, 0.3) is 11.0 Å². The third-order valence-electron chi connectivity index (χ3n) is 4.53. The van der Waals surface area contributed by atoms with Gasteiger partial charge >= 0.3 is 0 Å². The number of rotatable bonds is 3. The van der Waals surface area contributed by atoms with Gasteiger partial charge in [0, 0.05) is 46.0 Å². The number of aryl methyl sites for hydroxylation is 1. The molecule has 4 heteroatoms. The number of thiophene rings is 1. The molecule has 0 radical (unpaired) electrons. The van der Waals surface area contributed by atoms with Crippen LogP contribution in [0.3, 0.4) is 0 Å². The summed E-state index contributed by atoms with van der Waals surface area (Å²) in [5.41, 5.74) is 2.37. The smallest absolute Gasteiger partial charge is 0.137 e. The van der Waals surface area contributed by atoms with Crippen LogP contribution in [0.2, 0.25) is 0 Å². The van der Waals surface area contributed by atoms with Crippen molar-refractivity contribution in [2.75, 3.05) is 13.1 Å². The summed E-state index contributed by atoms with van der Waals surface area (Å²) >= 11 is 1.92. The first-order valence-corrected chi connectivity index (χ1v) is 8.81. The van der Waals surface area contributed by atoms with Gasteiger partial charge in [-0.3, -0.25) is 4.90 Å². The van der Waals surface area contributed by atoms with Crippen LogP contribution in [0.1, 0.15) is 34.2 Å². The second-order valence-electron chi connectivity index (χ2n) is 6.25. The van der Waals surface area contributed by atoms with Gasteiger partial charge in [-0.05, 0) is 56.6 Å². The van der Waals surface area contributed by atoms with Crippen molar-refractivity contribution in [2.45, 2.75) is 32.2 Å². The molecule has 3 nitrogen and oxygen atoms in total. The van der Waals surface area contributed by atoms with Gasteiger partial charge in [0.1, 0.15) is 5.65 Å². The van der Waals surface area contributed by atoms with Gasteiger partial charge < -0.3 is 4.98 Å². The lowest BCUT2D eigenvalue weighted by Gasteiger charge is -2.32. The molecule has 0 saturated carbocycles. The Hall–Kier alpha value is -1.65. The van der Waals surface area contributed by atoms with E-state index >= 15 is 0 Å². The van der Waals surface area contributed by atoms with E-state index in [0.717, 1.165) is 18.7 Å². The summed E-state index contributed by atoms with van der Waals surface area (Å²) in [5, 5.41) is 1.23. The van der Waals surface area contributed by atoms with Gasteiger partial charge in [-0.25, -0.2) is 4.98 Å². The molecular formula is C18H21N3S. The third kappa shape index (κ3) is 2.81. The quantitative estimate of drug-likeness (QED) is 0.781. The number of aromatic amines is 1. The van der Waals surface area contributed by atoms with Crippen LogP contribution in [0.15, 0.2) is 36.5 Å². The lowest BCUT2D eigenvalue weighted by Crippen LogP contribution is -2.33. The summed E-state index contributed by atoms with van der Waals surface area (Å²) in [5.74, 6) is 0.601. The first-order chi connectivity index (χ1) is 10.8. The van der Waals surface area contributed by atoms with Crippen LogP contribution >= 0.6 is 11.3 Å². The fourth-order valence-electron chi connectivity index (χ4n) is 3.44. The van der Waals surface area contributed by atoms with Gasteiger partial charge in [-0.2, -0.15) is 0 Å². The minimum atomic E-state index is 0.601. The molecule has 4 rings (SSSR count). The largest absolute Gasteiger partial charge is 0.343 e. The van der Waals surface area contributed by atoms with Crippen molar-refractivity contribution in [3.05, 3.63) is 52.0 Å². The van der Waals surface area contributed by atoms with E-state index in [1.807, 2.05) is 23.6 Å². The van der Waals surface area contributed by atoms with Crippen molar-refractivity contribution in [3.63, 3.8) is 0 Å². The number of nitrogens with one attached hydrogen (secondary N) is 1. The number of hydrogen-bond acceptors (Lipinski definition) is 3. The number of pyridine rings is 1. The Morgan fingerprint density at radius 3 is 3.14 bits per heavy atom. The molecule has 3 aromatic rings. The van der Waals surface area contributed by atoms with Gasteiger partial charge in [0.25, 0.3) is 0 Å². The van der Waals surface area contributed by atoms with E-state index in [2.05, 4.69) is 46.1 Å². The van der Waals surface area contributed by atoms with Crippen molar-refractivity contribution in [3.8, 4) is 0 Å². The Morgan fingerprint density at radius 2 is 2.32 bits per heavy atom. The van der Waals surface area contributed by atoms with Gasteiger partial charge in [-0.1, -0.05) is 0 Å². The maximum Gasteiger partial charge on any atom is 0.137 e. The molecule has 1 aliphatic rings. The molecule has 1 aliphatic heterocycles. The second kappa shape index (κ2) is 5.86.